The first kappa shape index (κ1) is 14.4. The summed E-state index contributed by atoms with van der Waals surface area (Å²) in [7, 11) is 1.75. The monoisotopic (exact) mass is 293 g/mol. The number of carbonyl (C=O) groups excluding carboxylic acids is 1. The first-order valence-electron chi connectivity index (χ1n) is 6.30. The van der Waals surface area contributed by atoms with Crippen LogP contribution in [0.2, 0.25) is 5.02 Å². The quantitative estimate of drug-likeness (QED) is 0.833. The van der Waals surface area contributed by atoms with Gasteiger partial charge in [-0.1, -0.05) is 23.7 Å². The standard InChI is InChI=1S/C14H16ClN3O2/c1-18(14(19)11-9-16-17-10-11)7-4-8-20-13-6-3-2-5-12(13)15/h2-3,5-6,9-10H,4,7-8H2,1H3,(H,16,17). The van der Waals surface area contributed by atoms with E-state index in [4.69, 9.17) is 16.3 Å². The number of halogens is 1. The van der Waals surface area contributed by atoms with Gasteiger partial charge < -0.3 is 9.64 Å². The molecule has 6 heteroatoms. The molecule has 0 aliphatic heterocycles. The lowest BCUT2D eigenvalue weighted by molar-refractivity contribution is 0.0788. The van der Waals surface area contributed by atoms with Gasteiger partial charge in [0.2, 0.25) is 0 Å². The van der Waals surface area contributed by atoms with E-state index in [0.717, 1.165) is 6.42 Å². The van der Waals surface area contributed by atoms with Crippen molar-refractivity contribution in [2.24, 2.45) is 0 Å². The zero-order valence-corrected chi connectivity index (χ0v) is 11.9. The third-order valence-electron chi connectivity index (χ3n) is 2.82. The summed E-state index contributed by atoms with van der Waals surface area (Å²) in [6.45, 7) is 1.11. The van der Waals surface area contributed by atoms with Crippen LogP contribution in [0.5, 0.6) is 5.75 Å². The molecule has 0 bridgehead atoms. The molecule has 1 heterocycles. The highest BCUT2D eigenvalue weighted by molar-refractivity contribution is 6.32. The van der Waals surface area contributed by atoms with Gasteiger partial charge in [0.1, 0.15) is 5.75 Å². The van der Waals surface area contributed by atoms with Crippen molar-refractivity contribution in [2.45, 2.75) is 6.42 Å². The lowest BCUT2D eigenvalue weighted by atomic mass is 10.3. The van der Waals surface area contributed by atoms with Crippen LogP contribution in [-0.2, 0) is 0 Å². The normalized spacial score (nSPS) is 10.3. The minimum atomic E-state index is -0.0588. The van der Waals surface area contributed by atoms with E-state index in [1.165, 1.54) is 6.20 Å². The number of aromatic nitrogens is 2. The van der Waals surface area contributed by atoms with Crippen LogP contribution >= 0.6 is 11.6 Å². The van der Waals surface area contributed by atoms with Crippen molar-refractivity contribution in [1.82, 2.24) is 15.1 Å². The number of H-pyrrole nitrogens is 1. The summed E-state index contributed by atoms with van der Waals surface area (Å²) in [6.07, 6.45) is 3.82. The number of hydrogen-bond acceptors (Lipinski definition) is 3. The fourth-order valence-electron chi connectivity index (χ4n) is 1.74. The van der Waals surface area contributed by atoms with E-state index in [0.29, 0.717) is 29.5 Å². The predicted molar refractivity (Wildman–Crippen MR) is 77.1 cm³/mol. The number of benzene rings is 1. The number of aromatic amines is 1. The van der Waals surface area contributed by atoms with Crippen LogP contribution in [0.25, 0.3) is 0 Å². The van der Waals surface area contributed by atoms with Crippen molar-refractivity contribution in [2.75, 3.05) is 20.2 Å². The van der Waals surface area contributed by atoms with Crippen LogP contribution in [0.1, 0.15) is 16.8 Å². The lowest BCUT2D eigenvalue weighted by Crippen LogP contribution is -2.28. The molecule has 20 heavy (non-hydrogen) atoms. The maximum Gasteiger partial charge on any atom is 0.256 e. The van der Waals surface area contributed by atoms with E-state index >= 15 is 0 Å². The first-order valence-corrected chi connectivity index (χ1v) is 6.68. The van der Waals surface area contributed by atoms with Crippen molar-refractivity contribution >= 4 is 17.5 Å². The maximum atomic E-state index is 11.9. The summed E-state index contributed by atoms with van der Waals surface area (Å²) < 4.78 is 5.57. The molecule has 0 saturated heterocycles. The number of rotatable bonds is 6. The van der Waals surface area contributed by atoms with E-state index in [9.17, 15) is 4.79 Å². The Bertz CT molecular complexity index is 557. The Hall–Kier alpha value is -2.01. The molecule has 0 aliphatic rings. The minimum Gasteiger partial charge on any atom is -0.492 e. The van der Waals surface area contributed by atoms with Crippen LogP contribution in [0.4, 0.5) is 0 Å². The molecule has 0 radical (unpaired) electrons. The minimum absolute atomic E-state index is 0.0588. The van der Waals surface area contributed by atoms with Crippen molar-refractivity contribution in [3.63, 3.8) is 0 Å². The second kappa shape index (κ2) is 6.96. The van der Waals surface area contributed by atoms with Gasteiger partial charge in [-0.15, -0.1) is 0 Å². The van der Waals surface area contributed by atoms with Gasteiger partial charge in [-0.25, -0.2) is 0 Å². The molecule has 0 spiro atoms. The highest BCUT2D eigenvalue weighted by Crippen LogP contribution is 2.23. The summed E-state index contributed by atoms with van der Waals surface area (Å²) in [5.74, 6) is 0.606. The summed E-state index contributed by atoms with van der Waals surface area (Å²) in [5.41, 5.74) is 0.555. The van der Waals surface area contributed by atoms with Crippen LogP contribution in [-0.4, -0.2) is 41.2 Å². The predicted octanol–water partition coefficient (Wildman–Crippen LogP) is 2.60. The van der Waals surface area contributed by atoms with Gasteiger partial charge in [-0.05, 0) is 18.6 Å². The summed E-state index contributed by atoms with van der Waals surface area (Å²) >= 11 is 5.98. The van der Waals surface area contributed by atoms with Crippen molar-refractivity contribution in [3.8, 4) is 5.75 Å². The number of ether oxygens (including phenoxy) is 1. The van der Waals surface area contributed by atoms with E-state index in [-0.39, 0.29) is 5.91 Å². The average Bonchev–Trinajstić information content (AvgIpc) is 2.98. The zero-order valence-electron chi connectivity index (χ0n) is 11.2. The molecule has 106 valence electrons. The van der Waals surface area contributed by atoms with E-state index in [2.05, 4.69) is 10.2 Å². The molecule has 1 aromatic heterocycles. The van der Waals surface area contributed by atoms with Crippen LogP contribution in [0.3, 0.4) is 0 Å². The van der Waals surface area contributed by atoms with E-state index in [1.54, 1.807) is 24.2 Å². The number of amides is 1. The maximum absolute atomic E-state index is 11.9. The van der Waals surface area contributed by atoms with E-state index in [1.807, 2.05) is 18.2 Å². The molecule has 2 aromatic rings. The Balaban J connectivity index is 1.73. The third kappa shape index (κ3) is 3.74. The Morgan fingerprint density at radius 1 is 1.45 bits per heavy atom. The Kier molecular flexibility index (Phi) is 5.01. The van der Waals surface area contributed by atoms with Gasteiger partial charge in [-0.2, -0.15) is 5.10 Å². The summed E-state index contributed by atoms with van der Waals surface area (Å²) in [5, 5.41) is 6.98. The smallest absolute Gasteiger partial charge is 0.256 e. The molecule has 0 fully saturated rings. The van der Waals surface area contributed by atoms with Gasteiger partial charge in [0.25, 0.3) is 5.91 Å². The van der Waals surface area contributed by atoms with E-state index < -0.39 is 0 Å². The Morgan fingerprint density at radius 3 is 2.95 bits per heavy atom. The van der Waals surface area contributed by atoms with Gasteiger partial charge in [0.05, 0.1) is 23.4 Å². The number of para-hydroxylation sites is 1. The van der Waals surface area contributed by atoms with Crippen molar-refractivity contribution < 1.29 is 9.53 Å². The molecule has 5 nitrogen and oxygen atoms in total. The molecular weight excluding hydrogens is 278 g/mol. The number of nitrogens with zero attached hydrogens (tertiary/aromatic N) is 2. The highest BCUT2D eigenvalue weighted by atomic mass is 35.5. The molecule has 1 aromatic carbocycles. The molecule has 1 amide bonds. The molecule has 1 N–H and O–H groups in total. The first-order chi connectivity index (χ1) is 9.68. The molecule has 0 saturated carbocycles. The largest absolute Gasteiger partial charge is 0.492 e. The van der Waals surface area contributed by atoms with Gasteiger partial charge >= 0.3 is 0 Å². The fourth-order valence-corrected chi connectivity index (χ4v) is 1.93. The second-order valence-electron chi connectivity index (χ2n) is 4.35. The molecular formula is C14H16ClN3O2. The SMILES string of the molecule is CN(CCCOc1ccccc1Cl)C(=O)c1cn[nH]c1. The second-order valence-corrected chi connectivity index (χ2v) is 4.75. The van der Waals surface area contributed by atoms with Gasteiger partial charge in [0, 0.05) is 19.8 Å². The van der Waals surface area contributed by atoms with Crippen molar-refractivity contribution in [3.05, 3.63) is 47.2 Å². The Morgan fingerprint density at radius 2 is 2.25 bits per heavy atom. The van der Waals surface area contributed by atoms with Gasteiger partial charge in [-0.3, -0.25) is 9.89 Å². The molecule has 0 unspecified atom stereocenters. The molecule has 0 aliphatic carbocycles. The number of carbonyl (C=O) groups is 1. The summed E-state index contributed by atoms with van der Waals surface area (Å²) in [6, 6.07) is 7.33. The summed E-state index contributed by atoms with van der Waals surface area (Å²) in [4.78, 5) is 13.6. The number of hydrogen-bond donors (Lipinski definition) is 1. The van der Waals surface area contributed by atoms with Gasteiger partial charge in [0.15, 0.2) is 0 Å². The number of nitrogens with one attached hydrogen (secondary N) is 1. The zero-order chi connectivity index (χ0) is 14.4. The van der Waals surface area contributed by atoms with Crippen LogP contribution < -0.4 is 4.74 Å². The highest BCUT2D eigenvalue weighted by Gasteiger charge is 2.12. The van der Waals surface area contributed by atoms with Crippen LogP contribution in [0.15, 0.2) is 36.7 Å². The fraction of sp³-hybridized carbons (Fsp3) is 0.286. The average molecular weight is 294 g/mol. The lowest BCUT2D eigenvalue weighted by Gasteiger charge is -2.16. The topological polar surface area (TPSA) is 58.2 Å². The molecule has 2 rings (SSSR count). The molecule has 0 atom stereocenters. The van der Waals surface area contributed by atoms with Crippen LogP contribution in [0, 0.1) is 0 Å². The Labute approximate surface area is 122 Å². The van der Waals surface area contributed by atoms with Crippen molar-refractivity contribution in [1.29, 1.82) is 0 Å². The third-order valence-corrected chi connectivity index (χ3v) is 3.14.